The molecule has 146 valence electrons. The molecule has 0 saturated carbocycles. The maximum absolute atomic E-state index is 14.8. The lowest BCUT2D eigenvalue weighted by molar-refractivity contribution is -0.147. The van der Waals surface area contributed by atoms with Crippen LogP contribution in [0.25, 0.3) is 11.1 Å². The first-order chi connectivity index (χ1) is 13.3. The number of aromatic nitrogens is 1. The average Bonchev–Trinajstić information content (AvgIpc) is 3.24. The van der Waals surface area contributed by atoms with Crippen LogP contribution in [-0.2, 0) is 11.2 Å². The molecule has 0 amide bonds. The van der Waals surface area contributed by atoms with E-state index in [1.54, 1.807) is 42.5 Å². The van der Waals surface area contributed by atoms with Gasteiger partial charge in [0.2, 0.25) is 0 Å². The van der Waals surface area contributed by atoms with Gasteiger partial charge in [-0.1, -0.05) is 54.1 Å². The first-order valence-electron chi connectivity index (χ1n) is 8.37. The minimum atomic E-state index is -1.73. The third-order valence-electron chi connectivity index (χ3n) is 4.36. The zero-order valence-corrected chi connectivity index (χ0v) is 15.2. The molecule has 3 aromatic rings. The number of benzene rings is 2. The summed E-state index contributed by atoms with van der Waals surface area (Å²) in [6.07, 6.45) is -2.05. The molecule has 7 nitrogen and oxygen atoms in total. The topological polar surface area (TPSA) is 109 Å². The predicted molar refractivity (Wildman–Crippen MR) is 101 cm³/mol. The Hall–Kier alpha value is -2.97. The van der Waals surface area contributed by atoms with E-state index in [0.29, 0.717) is 21.4 Å². The summed E-state index contributed by atoms with van der Waals surface area (Å²) in [6, 6.07) is 11.1. The van der Waals surface area contributed by atoms with Gasteiger partial charge in [0.1, 0.15) is 5.82 Å². The van der Waals surface area contributed by atoms with Crippen molar-refractivity contribution in [1.82, 2.24) is 4.68 Å². The second-order valence-corrected chi connectivity index (χ2v) is 6.71. The number of halogens is 2. The van der Waals surface area contributed by atoms with Gasteiger partial charge in [0, 0.05) is 18.0 Å². The summed E-state index contributed by atoms with van der Waals surface area (Å²) in [5.41, 5.74) is 2.30. The largest absolute Gasteiger partial charge is 0.479 e. The van der Waals surface area contributed by atoms with Crippen molar-refractivity contribution in [3.63, 3.8) is 0 Å². The number of aliphatic carboxylic acids is 1. The Morgan fingerprint density at radius 1 is 1.14 bits per heavy atom. The van der Waals surface area contributed by atoms with Crippen LogP contribution in [-0.4, -0.2) is 33.0 Å². The molecule has 0 saturated heterocycles. The van der Waals surface area contributed by atoms with Crippen LogP contribution in [0.2, 0.25) is 5.02 Å². The molecule has 0 aliphatic rings. The van der Waals surface area contributed by atoms with Crippen LogP contribution < -0.4 is 16.5 Å². The first kappa shape index (κ1) is 19.8. The number of carboxylic acid groups (broad SMARTS) is 1. The third-order valence-corrected chi connectivity index (χ3v) is 4.77. The van der Waals surface area contributed by atoms with E-state index >= 15 is 0 Å². The monoisotopic (exact) mass is 406 g/mol. The van der Waals surface area contributed by atoms with Gasteiger partial charge in [-0.25, -0.2) is 9.18 Å². The number of nitrogens with zero attached hydrogens (tertiary/aromatic N) is 1. The minimum Gasteiger partial charge on any atom is -0.479 e. The highest BCUT2D eigenvalue weighted by Gasteiger charge is 2.26. The van der Waals surface area contributed by atoms with E-state index < -0.39 is 35.1 Å². The molecule has 28 heavy (non-hydrogen) atoms. The van der Waals surface area contributed by atoms with Gasteiger partial charge in [-0.05, 0) is 17.5 Å². The zero-order valence-electron chi connectivity index (χ0n) is 14.4. The van der Waals surface area contributed by atoms with Gasteiger partial charge in [-0.15, -0.1) is 0 Å². The van der Waals surface area contributed by atoms with E-state index in [-0.39, 0.29) is 17.9 Å². The molecule has 0 bridgehead atoms. The number of carbonyl (C=O) groups is 1. The van der Waals surface area contributed by atoms with Crippen LogP contribution in [0.4, 0.5) is 4.39 Å². The second-order valence-electron chi connectivity index (χ2n) is 6.33. The zero-order chi connectivity index (χ0) is 20.4. The van der Waals surface area contributed by atoms with Crippen LogP contribution in [0.1, 0.15) is 12.0 Å². The number of hydrogen-bond acceptors (Lipinski definition) is 5. The van der Waals surface area contributed by atoms with E-state index in [1.165, 1.54) is 0 Å². The highest BCUT2D eigenvalue weighted by atomic mass is 35.5. The molecule has 0 aliphatic carbocycles. The smallest absolute Gasteiger partial charge is 0.340 e. The van der Waals surface area contributed by atoms with E-state index in [4.69, 9.17) is 16.7 Å². The highest BCUT2D eigenvalue weighted by Crippen LogP contribution is 2.31. The normalized spacial score (nSPS) is 13.4. The van der Waals surface area contributed by atoms with Crippen molar-refractivity contribution in [2.45, 2.75) is 25.0 Å². The van der Waals surface area contributed by atoms with Crippen molar-refractivity contribution < 1.29 is 19.4 Å². The van der Waals surface area contributed by atoms with Gasteiger partial charge in [0.15, 0.2) is 6.10 Å². The molecular formula is C19H16ClFN2O5. The van der Waals surface area contributed by atoms with Crippen LogP contribution in [0, 0.1) is 5.82 Å². The highest BCUT2D eigenvalue weighted by molar-refractivity contribution is 6.31. The molecule has 3 rings (SSSR count). The van der Waals surface area contributed by atoms with E-state index in [2.05, 4.69) is 5.43 Å². The molecule has 0 unspecified atom stereocenters. The van der Waals surface area contributed by atoms with Crippen molar-refractivity contribution in [2.75, 3.05) is 5.43 Å². The Labute approximate surface area is 163 Å². The molecule has 1 heterocycles. The summed E-state index contributed by atoms with van der Waals surface area (Å²) in [6.45, 7) is 0. The summed E-state index contributed by atoms with van der Waals surface area (Å²) < 4.78 is 15.5. The lowest BCUT2D eigenvalue weighted by Gasteiger charge is -2.20. The number of aliphatic hydroxyl groups is 1. The van der Waals surface area contributed by atoms with Crippen LogP contribution in [0.3, 0.4) is 0 Å². The standard InChI is InChI=1S/C19H16ClFN2O5/c20-15-11(6-7-13(16(15)21)10-4-2-1-3-5-10)8-12(9-14(24)19(27)28)22-23-17(25)18(23)26/h1-7,12,14,22,24H,8-9H2,(H,27,28)/t12-,14-/m1/s1. The van der Waals surface area contributed by atoms with Crippen molar-refractivity contribution >= 4 is 17.6 Å². The molecule has 0 spiro atoms. The number of hydrogen-bond donors (Lipinski definition) is 3. The van der Waals surface area contributed by atoms with Crippen molar-refractivity contribution in [3.8, 4) is 11.1 Å². The van der Waals surface area contributed by atoms with Gasteiger partial charge in [0.05, 0.1) is 5.02 Å². The van der Waals surface area contributed by atoms with Gasteiger partial charge < -0.3 is 15.6 Å². The lowest BCUT2D eigenvalue weighted by Crippen LogP contribution is -2.36. The third kappa shape index (κ3) is 4.13. The SMILES string of the molecule is O=C(O)[C@H](O)C[C@@H](Cc1ccc(-c2ccccc2)c(F)c1Cl)Nn1c(=O)c1=O. The fourth-order valence-corrected chi connectivity index (χ4v) is 3.08. The van der Waals surface area contributed by atoms with Crippen LogP contribution in [0.15, 0.2) is 52.1 Å². The number of rotatable bonds is 8. The molecule has 1 aromatic heterocycles. The maximum Gasteiger partial charge on any atom is 0.340 e. The quantitative estimate of drug-likeness (QED) is 0.490. The van der Waals surface area contributed by atoms with E-state index in [0.717, 1.165) is 0 Å². The van der Waals surface area contributed by atoms with Gasteiger partial charge >= 0.3 is 17.1 Å². The van der Waals surface area contributed by atoms with Crippen LogP contribution >= 0.6 is 11.6 Å². The predicted octanol–water partition coefficient (Wildman–Crippen LogP) is 1.53. The fraction of sp³-hybridized carbons (Fsp3) is 0.211. The van der Waals surface area contributed by atoms with Gasteiger partial charge in [-0.2, -0.15) is 4.68 Å². The Kier molecular flexibility index (Phi) is 5.62. The molecule has 2 aromatic carbocycles. The van der Waals surface area contributed by atoms with Crippen molar-refractivity contribution in [3.05, 3.63) is 79.6 Å². The number of nitrogens with one attached hydrogen (secondary N) is 1. The summed E-state index contributed by atoms with van der Waals surface area (Å²) in [4.78, 5) is 33.3. The maximum atomic E-state index is 14.8. The van der Waals surface area contributed by atoms with Crippen molar-refractivity contribution in [1.29, 1.82) is 0 Å². The first-order valence-corrected chi connectivity index (χ1v) is 8.75. The molecule has 0 radical (unpaired) electrons. The molecule has 0 aliphatic heterocycles. The minimum absolute atomic E-state index is 0.00772. The molecule has 3 N–H and O–H groups in total. The summed E-state index contributed by atoms with van der Waals surface area (Å²) in [5.74, 6) is -2.09. The average molecular weight is 407 g/mol. The Morgan fingerprint density at radius 3 is 2.36 bits per heavy atom. The van der Waals surface area contributed by atoms with E-state index in [9.17, 15) is 23.9 Å². The Morgan fingerprint density at radius 2 is 1.79 bits per heavy atom. The lowest BCUT2D eigenvalue weighted by atomic mass is 9.97. The fourth-order valence-electron chi connectivity index (χ4n) is 2.84. The van der Waals surface area contributed by atoms with E-state index in [1.807, 2.05) is 0 Å². The molecule has 9 heteroatoms. The van der Waals surface area contributed by atoms with Crippen molar-refractivity contribution in [2.24, 2.45) is 0 Å². The van der Waals surface area contributed by atoms with Gasteiger partial charge in [-0.3, -0.25) is 9.59 Å². The summed E-state index contributed by atoms with van der Waals surface area (Å²) in [5, 5.41) is 18.4. The Balaban J connectivity index is 1.86. The number of carboxylic acids is 1. The van der Waals surface area contributed by atoms with Crippen LogP contribution in [0.5, 0.6) is 0 Å². The summed E-state index contributed by atoms with van der Waals surface area (Å²) in [7, 11) is 0. The number of aliphatic hydroxyl groups excluding tert-OH is 1. The molecular weight excluding hydrogens is 391 g/mol. The second kappa shape index (κ2) is 7.95. The molecule has 2 atom stereocenters. The van der Waals surface area contributed by atoms with Gasteiger partial charge in [0.25, 0.3) is 0 Å². The summed E-state index contributed by atoms with van der Waals surface area (Å²) >= 11 is 6.17. The Bertz CT molecular complexity index is 1050. The molecule has 0 fully saturated rings.